The number of nitrogens with zero attached hydrogens (tertiary/aromatic N) is 1. The van der Waals surface area contributed by atoms with E-state index >= 15 is 0 Å². The number of sulfonamides is 1. The van der Waals surface area contributed by atoms with E-state index in [4.69, 9.17) is 4.74 Å². The van der Waals surface area contributed by atoms with Gasteiger partial charge in [0.15, 0.2) is 0 Å². The summed E-state index contributed by atoms with van der Waals surface area (Å²) in [6.45, 7) is 1.000. The molecule has 1 atom stereocenters. The Balaban J connectivity index is 1.69. The third-order valence-electron chi connectivity index (χ3n) is 4.44. The van der Waals surface area contributed by atoms with E-state index in [0.717, 1.165) is 25.0 Å². The van der Waals surface area contributed by atoms with Crippen LogP contribution in [0.15, 0.2) is 24.3 Å². The Bertz CT molecular complexity index is 689. The number of hydrogen-bond acceptors (Lipinski definition) is 4. The van der Waals surface area contributed by atoms with E-state index in [2.05, 4.69) is 10.8 Å². The van der Waals surface area contributed by atoms with Gasteiger partial charge in [-0.05, 0) is 31.5 Å². The molecule has 2 aliphatic rings. The molecule has 7 heteroatoms. The minimum atomic E-state index is -3.53. The summed E-state index contributed by atoms with van der Waals surface area (Å²) in [7, 11) is -2.21. The number of ether oxygens (including phenoxy) is 1. The van der Waals surface area contributed by atoms with Crippen molar-refractivity contribution in [2.75, 3.05) is 25.9 Å². The molecule has 0 aliphatic carbocycles. The largest absolute Gasteiger partial charge is 0.485 e. The number of rotatable bonds is 3. The molecule has 0 saturated carbocycles. The number of benzene rings is 1. The van der Waals surface area contributed by atoms with E-state index in [9.17, 15) is 13.2 Å². The minimum Gasteiger partial charge on any atom is -0.485 e. The zero-order valence-electron chi connectivity index (χ0n) is 12.5. The van der Waals surface area contributed by atoms with Crippen molar-refractivity contribution in [3.05, 3.63) is 29.8 Å². The van der Waals surface area contributed by atoms with Crippen LogP contribution in [0.5, 0.6) is 5.75 Å². The SMILES string of the molecule is CNS(=O)(=O)CC(=O)N1CCC2(CCc3ccccc3O2)C1. The molecular weight excluding hydrogens is 304 g/mol. The van der Waals surface area contributed by atoms with Gasteiger partial charge < -0.3 is 9.64 Å². The molecule has 1 saturated heterocycles. The number of likely N-dealkylation sites (tertiary alicyclic amines) is 1. The first-order valence-electron chi connectivity index (χ1n) is 7.39. The number of nitrogens with one attached hydrogen (secondary N) is 1. The molecule has 22 heavy (non-hydrogen) atoms. The highest BCUT2D eigenvalue weighted by Crippen LogP contribution is 2.38. The fourth-order valence-corrected chi connectivity index (χ4v) is 3.78. The summed E-state index contributed by atoms with van der Waals surface area (Å²) >= 11 is 0. The minimum absolute atomic E-state index is 0.367. The van der Waals surface area contributed by atoms with Gasteiger partial charge in [-0.3, -0.25) is 4.79 Å². The van der Waals surface area contributed by atoms with Crippen LogP contribution in [0.4, 0.5) is 0 Å². The topological polar surface area (TPSA) is 75.7 Å². The molecule has 1 amide bonds. The summed E-state index contributed by atoms with van der Waals surface area (Å²) in [5.74, 6) is 0.00970. The van der Waals surface area contributed by atoms with Gasteiger partial charge in [-0.2, -0.15) is 0 Å². The van der Waals surface area contributed by atoms with E-state index in [1.54, 1.807) is 4.90 Å². The van der Waals surface area contributed by atoms with Crippen molar-refractivity contribution in [1.82, 2.24) is 9.62 Å². The maximum atomic E-state index is 12.1. The Labute approximate surface area is 130 Å². The number of hydrogen-bond donors (Lipinski definition) is 1. The van der Waals surface area contributed by atoms with E-state index in [1.165, 1.54) is 12.6 Å². The van der Waals surface area contributed by atoms with Crippen molar-refractivity contribution in [3.63, 3.8) is 0 Å². The van der Waals surface area contributed by atoms with Crippen LogP contribution in [0, 0.1) is 0 Å². The molecule has 120 valence electrons. The maximum absolute atomic E-state index is 12.1. The Hall–Kier alpha value is -1.60. The Morgan fingerprint density at radius 3 is 2.91 bits per heavy atom. The monoisotopic (exact) mass is 324 g/mol. The lowest BCUT2D eigenvalue weighted by Gasteiger charge is -2.35. The lowest BCUT2D eigenvalue weighted by Crippen LogP contribution is -2.44. The summed E-state index contributed by atoms with van der Waals surface area (Å²) in [5.41, 5.74) is 0.823. The predicted molar refractivity (Wildman–Crippen MR) is 82.2 cm³/mol. The van der Waals surface area contributed by atoms with Crippen molar-refractivity contribution in [1.29, 1.82) is 0 Å². The Kier molecular flexibility index (Phi) is 3.86. The highest BCUT2D eigenvalue weighted by Gasteiger charge is 2.44. The van der Waals surface area contributed by atoms with E-state index in [0.29, 0.717) is 13.1 Å². The zero-order valence-corrected chi connectivity index (χ0v) is 13.4. The zero-order chi connectivity index (χ0) is 15.8. The first-order valence-corrected chi connectivity index (χ1v) is 9.04. The molecule has 3 rings (SSSR count). The first-order chi connectivity index (χ1) is 10.4. The van der Waals surface area contributed by atoms with E-state index in [-0.39, 0.29) is 11.5 Å². The van der Waals surface area contributed by atoms with Crippen molar-refractivity contribution in [2.24, 2.45) is 0 Å². The van der Waals surface area contributed by atoms with Gasteiger partial charge in [-0.1, -0.05) is 18.2 Å². The predicted octanol–water partition coefficient (Wildman–Crippen LogP) is 0.532. The molecule has 1 unspecified atom stereocenters. The lowest BCUT2D eigenvalue weighted by atomic mass is 9.90. The second-order valence-corrected chi connectivity index (χ2v) is 7.85. The van der Waals surface area contributed by atoms with Crippen molar-refractivity contribution >= 4 is 15.9 Å². The highest BCUT2D eigenvalue weighted by molar-refractivity contribution is 7.90. The summed E-state index contributed by atoms with van der Waals surface area (Å²) in [5, 5.41) is 0. The van der Waals surface area contributed by atoms with Crippen molar-refractivity contribution in [2.45, 2.75) is 24.9 Å². The third-order valence-corrected chi connectivity index (χ3v) is 5.69. The molecule has 1 spiro atoms. The second kappa shape index (κ2) is 5.55. The molecule has 1 aromatic carbocycles. The molecule has 2 heterocycles. The molecule has 6 nitrogen and oxygen atoms in total. The summed E-state index contributed by atoms with van der Waals surface area (Å²) in [6, 6.07) is 7.94. The van der Waals surface area contributed by atoms with Crippen LogP contribution < -0.4 is 9.46 Å². The lowest BCUT2D eigenvalue weighted by molar-refractivity contribution is -0.128. The molecule has 1 N–H and O–H groups in total. The fourth-order valence-electron chi connectivity index (χ4n) is 3.13. The molecule has 0 bridgehead atoms. The normalized spacial score (nSPS) is 24.1. The standard InChI is InChI=1S/C15H20N2O4S/c1-16-22(19,20)10-14(18)17-9-8-15(11-17)7-6-12-4-2-3-5-13(12)21-15/h2-5,16H,6-11H2,1H3. The molecule has 1 aromatic rings. The van der Waals surface area contributed by atoms with Gasteiger partial charge in [0.25, 0.3) is 0 Å². The third kappa shape index (κ3) is 2.96. The smallest absolute Gasteiger partial charge is 0.239 e. The average molecular weight is 324 g/mol. The first kappa shape index (κ1) is 15.3. The van der Waals surface area contributed by atoms with E-state index < -0.39 is 15.8 Å². The average Bonchev–Trinajstić information content (AvgIpc) is 2.90. The number of aryl methyl sites for hydroxylation is 1. The highest BCUT2D eigenvalue weighted by atomic mass is 32.2. The number of fused-ring (bicyclic) bond motifs is 1. The number of para-hydroxylation sites is 1. The van der Waals surface area contributed by atoms with Crippen molar-refractivity contribution in [3.8, 4) is 5.75 Å². The number of amides is 1. The summed E-state index contributed by atoms with van der Waals surface area (Å²) in [4.78, 5) is 13.7. The van der Waals surface area contributed by atoms with E-state index in [1.807, 2.05) is 18.2 Å². The van der Waals surface area contributed by atoms with Crippen LogP contribution in [0.25, 0.3) is 0 Å². The van der Waals surface area contributed by atoms with Gasteiger partial charge in [-0.25, -0.2) is 13.1 Å². The second-order valence-electron chi connectivity index (χ2n) is 5.92. The number of carbonyl (C=O) groups excluding carboxylic acids is 1. The van der Waals surface area contributed by atoms with Crippen LogP contribution in [0.1, 0.15) is 18.4 Å². The quantitative estimate of drug-likeness (QED) is 0.880. The van der Waals surface area contributed by atoms with Gasteiger partial charge in [0.1, 0.15) is 17.1 Å². The molecule has 0 radical (unpaired) electrons. The Morgan fingerprint density at radius 1 is 1.36 bits per heavy atom. The summed E-state index contributed by atoms with van der Waals surface area (Å²) < 4.78 is 31.3. The molecule has 2 aliphatic heterocycles. The molecule has 1 fully saturated rings. The van der Waals surface area contributed by atoms with Crippen LogP contribution in [-0.4, -0.2) is 50.7 Å². The van der Waals surface area contributed by atoms with Crippen LogP contribution >= 0.6 is 0 Å². The van der Waals surface area contributed by atoms with Crippen LogP contribution in [0.3, 0.4) is 0 Å². The fraction of sp³-hybridized carbons (Fsp3) is 0.533. The van der Waals surface area contributed by atoms with Crippen LogP contribution in [0.2, 0.25) is 0 Å². The molecule has 0 aromatic heterocycles. The van der Waals surface area contributed by atoms with Crippen molar-refractivity contribution < 1.29 is 17.9 Å². The van der Waals surface area contributed by atoms with Crippen LogP contribution in [-0.2, 0) is 21.2 Å². The van der Waals surface area contributed by atoms with Gasteiger partial charge in [0.2, 0.25) is 15.9 Å². The molecular formula is C15H20N2O4S. The van der Waals surface area contributed by atoms with Gasteiger partial charge >= 0.3 is 0 Å². The number of carbonyl (C=O) groups is 1. The van der Waals surface area contributed by atoms with Gasteiger partial charge in [0, 0.05) is 13.0 Å². The van der Waals surface area contributed by atoms with Gasteiger partial charge in [-0.15, -0.1) is 0 Å². The Morgan fingerprint density at radius 2 is 2.14 bits per heavy atom. The summed E-state index contributed by atoms with van der Waals surface area (Å²) in [6.07, 6.45) is 2.52. The maximum Gasteiger partial charge on any atom is 0.239 e. The van der Waals surface area contributed by atoms with Gasteiger partial charge in [0.05, 0.1) is 6.54 Å².